The summed E-state index contributed by atoms with van der Waals surface area (Å²) < 4.78 is 0. The fourth-order valence-electron chi connectivity index (χ4n) is 8.46. The molecule has 0 aliphatic heterocycles. The molecule has 0 amide bonds. The van der Waals surface area contributed by atoms with Crippen molar-refractivity contribution in [3.8, 4) is 33.4 Å². The third-order valence-corrected chi connectivity index (χ3v) is 10.8. The van der Waals surface area contributed by atoms with Crippen molar-refractivity contribution in [3.05, 3.63) is 182 Å². The Hall–Kier alpha value is -6.90. The molecule has 2 heteroatoms. The Morgan fingerprint density at radius 3 is 1.35 bits per heavy atom. The van der Waals surface area contributed by atoms with Gasteiger partial charge in [0.25, 0.3) is 0 Å². The molecule has 0 N–H and O–H groups in total. The van der Waals surface area contributed by atoms with Crippen LogP contribution in [0.25, 0.3) is 109 Å². The highest BCUT2D eigenvalue weighted by atomic mass is 14.7. The van der Waals surface area contributed by atoms with E-state index in [4.69, 9.17) is 9.97 Å². The van der Waals surface area contributed by atoms with Gasteiger partial charge in [0.2, 0.25) is 0 Å². The number of pyridine rings is 2. The molecule has 11 aromatic rings. The number of hydrogen-bond donors (Lipinski definition) is 0. The average Bonchev–Trinajstić information content (AvgIpc) is 3.21. The van der Waals surface area contributed by atoms with E-state index in [1.165, 1.54) is 76.5 Å². The van der Waals surface area contributed by atoms with Gasteiger partial charge in [-0.15, -0.1) is 0 Å². The highest BCUT2D eigenvalue weighted by Gasteiger charge is 2.18. The molecule has 0 atom stereocenters. The standard InChI is InChI=1S/C50H30N2/c1-2-11-33-28-36(22-19-31(33)10-1)46-39-13-3-5-15-41(39)47(42-16-6-4-14-40(42)46)37-23-20-35-30-38(24-21-34(35)29-37)48-43-17-7-8-18-45(43)52-50-44(48)26-25-32-12-9-27-51-49(32)50/h1-30H. The van der Waals surface area contributed by atoms with Crippen LogP contribution in [-0.2, 0) is 0 Å². The fourth-order valence-corrected chi connectivity index (χ4v) is 8.46. The molecule has 0 bridgehead atoms. The summed E-state index contributed by atoms with van der Waals surface area (Å²) in [6.45, 7) is 0. The van der Waals surface area contributed by atoms with Crippen molar-refractivity contribution in [1.29, 1.82) is 0 Å². The molecule has 240 valence electrons. The molecule has 0 fully saturated rings. The number of aromatic nitrogens is 2. The largest absolute Gasteiger partial charge is 0.254 e. The van der Waals surface area contributed by atoms with Crippen molar-refractivity contribution >= 4 is 75.8 Å². The van der Waals surface area contributed by atoms with Gasteiger partial charge in [0.05, 0.1) is 16.6 Å². The Morgan fingerprint density at radius 2 is 0.731 bits per heavy atom. The Kier molecular flexibility index (Phi) is 6.28. The molecule has 0 saturated heterocycles. The van der Waals surface area contributed by atoms with Crippen LogP contribution in [0.3, 0.4) is 0 Å². The molecule has 52 heavy (non-hydrogen) atoms. The third kappa shape index (κ3) is 4.38. The zero-order valence-corrected chi connectivity index (χ0v) is 28.2. The molecule has 11 rings (SSSR count). The van der Waals surface area contributed by atoms with Gasteiger partial charge in [-0.2, -0.15) is 0 Å². The van der Waals surface area contributed by atoms with E-state index in [2.05, 4.69) is 170 Å². The van der Waals surface area contributed by atoms with E-state index >= 15 is 0 Å². The van der Waals surface area contributed by atoms with Gasteiger partial charge in [0.1, 0.15) is 0 Å². The minimum absolute atomic E-state index is 0.934. The summed E-state index contributed by atoms with van der Waals surface area (Å²) in [6.07, 6.45) is 1.86. The van der Waals surface area contributed by atoms with Crippen LogP contribution >= 0.6 is 0 Å². The molecule has 9 aromatic carbocycles. The summed E-state index contributed by atoms with van der Waals surface area (Å²) in [5.41, 5.74) is 10.2. The maximum atomic E-state index is 5.13. The second-order valence-corrected chi connectivity index (χ2v) is 13.7. The van der Waals surface area contributed by atoms with Crippen molar-refractivity contribution in [2.45, 2.75) is 0 Å². The van der Waals surface area contributed by atoms with E-state index in [0.29, 0.717) is 0 Å². The number of hydrogen-bond acceptors (Lipinski definition) is 2. The molecule has 0 aliphatic carbocycles. The van der Waals surface area contributed by atoms with E-state index in [9.17, 15) is 0 Å². The Labute approximate surface area is 300 Å². The number of nitrogens with zero attached hydrogens (tertiary/aromatic N) is 2. The first-order valence-electron chi connectivity index (χ1n) is 17.8. The lowest BCUT2D eigenvalue weighted by Gasteiger charge is -2.18. The molecule has 0 spiro atoms. The zero-order chi connectivity index (χ0) is 34.2. The van der Waals surface area contributed by atoms with Crippen LogP contribution in [0.5, 0.6) is 0 Å². The average molecular weight is 659 g/mol. The summed E-state index contributed by atoms with van der Waals surface area (Å²) in [5, 5.41) is 13.3. The molecule has 2 nitrogen and oxygen atoms in total. The lowest BCUT2D eigenvalue weighted by atomic mass is 9.85. The van der Waals surface area contributed by atoms with Crippen LogP contribution in [0.15, 0.2) is 182 Å². The van der Waals surface area contributed by atoms with Gasteiger partial charge in [0, 0.05) is 27.9 Å². The van der Waals surface area contributed by atoms with Gasteiger partial charge in [0.15, 0.2) is 0 Å². The van der Waals surface area contributed by atoms with Crippen molar-refractivity contribution in [2.75, 3.05) is 0 Å². The van der Waals surface area contributed by atoms with Crippen LogP contribution in [0, 0.1) is 0 Å². The number of benzene rings is 9. The zero-order valence-electron chi connectivity index (χ0n) is 28.2. The van der Waals surface area contributed by atoms with Gasteiger partial charge in [-0.3, -0.25) is 4.98 Å². The molecular weight excluding hydrogens is 629 g/mol. The number of para-hydroxylation sites is 1. The Bertz CT molecular complexity index is 3190. The predicted molar refractivity (Wildman–Crippen MR) is 221 cm³/mol. The minimum Gasteiger partial charge on any atom is -0.254 e. The Morgan fingerprint density at radius 1 is 0.288 bits per heavy atom. The monoisotopic (exact) mass is 658 g/mol. The van der Waals surface area contributed by atoms with Gasteiger partial charge in [-0.1, -0.05) is 146 Å². The molecular formula is C50H30N2. The molecule has 0 unspecified atom stereocenters. The first kappa shape index (κ1) is 28.9. The van der Waals surface area contributed by atoms with E-state index in [0.717, 1.165) is 32.7 Å². The SMILES string of the molecule is c1ccc2cc(-c3c4ccccc4c(-c4ccc5cc(-c6c7ccccc7nc7c6ccc6cccnc67)ccc5c4)c4ccccc34)ccc2c1. The summed E-state index contributed by atoms with van der Waals surface area (Å²) in [6, 6.07) is 64.0. The van der Waals surface area contributed by atoms with Crippen LogP contribution in [-0.4, -0.2) is 9.97 Å². The summed E-state index contributed by atoms with van der Waals surface area (Å²) >= 11 is 0. The molecule has 2 aromatic heterocycles. The van der Waals surface area contributed by atoms with Crippen LogP contribution in [0.4, 0.5) is 0 Å². The lowest BCUT2D eigenvalue weighted by molar-refractivity contribution is 1.40. The van der Waals surface area contributed by atoms with E-state index in [1.54, 1.807) is 0 Å². The van der Waals surface area contributed by atoms with Crippen molar-refractivity contribution in [1.82, 2.24) is 9.97 Å². The molecule has 0 saturated carbocycles. The first-order valence-corrected chi connectivity index (χ1v) is 17.8. The smallest absolute Gasteiger partial charge is 0.0978 e. The van der Waals surface area contributed by atoms with E-state index in [1.807, 2.05) is 12.3 Å². The second kappa shape index (κ2) is 11.3. The molecule has 2 heterocycles. The van der Waals surface area contributed by atoms with E-state index < -0.39 is 0 Å². The maximum absolute atomic E-state index is 5.13. The summed E-state index contributed by atoms with van der Waals surface area (Å²) in [5.74, 6) is 0. The lowest BCUT2D eigenvalue weighted by Crippen LogP contribution is -1.92. The third-order valence-electron chi connectivity index (χ3n) is 10.8. The molecule has 0 aliphatic rings. The topological polar surface area (TPSA) is 25.8 Å². The minimum atomic E-state index is 0.934. The predicted octanol–water partition coefficient (Wildman–Crippen LogP) is 13.5. The van der Waals surface area contributed by atoms with Crippen molar-refractivity contribution < 1.29 is 0 Å². The van der Waals surface area contributed by atoms with Crippen LogP contribution in [0.1, 0.15) is 0 Å². The summed E-state index contributed by atoms with van der Waals surface area (Å²) in [7, 11) is 0. The molecule has 0 radical (unpaired) electrons. The fraction of sp³-hybridized carbons (Fsp3) is 0. The van der Waals surface area contributed by atoms with Gasteiger partial charge in [-0.05, 0) is 101 Å². The van der Waals surface area contributed by atoms with Gasteiger partial charge < -0.3 is 0 Å². The van der Waals surface area contributed by atoms with Crippen molar-refractivity contribution in [3.63, 3.8) is 0 Å². The van der Waals surface area contributed by atoms with Gasteiger partial charge >= 0.3 is 0 Å². The highest BCUT2D eigenvalue weighted by Crippen LogP contribution is 2.45. The van der Waals surface area contributed by atoms with Crippen molar-refractivity contribution in [2.24, 2.45) is 0 Å². The van der Waals surface area contributed by atoms with Crippen LogP contribution < -0.4 is 0 Å². The first-order chi connectivity index (χ1) is 25.8. The van der Waals surface area contributed by atoms with Crippen LogP contribution in [0.2, 0.25) is 0 Å². The maximum Gasteiger partial charge on any atom is 0.0978 e. The summed E-state index contributed by atoms with van der Waals surface area (Å²) in [4.78, 5) is 9.88. The number of rotatable bonds is 3. The second-order valence-electron chi connectivity index (χ2n) is 13.7. The number of fused-ring (bicyclic) bond motifs is 8. The normalized spacial score (nSPS) is 11.8. The van der Waals surface area contributed by atoms with E-state index in [-0.39, 0.29) is 0 Å². The Balaban J connectivity index is 1.12. The quantitative estimate of drug-likeness (QED) is 0.139. The highest BCUT2D eigenvalue weighted by molar-refractivity contribution is 6.22. The van der Waals surface area contributed by atoms with Gasteiger partial charge in [-0.25, -0.2) is 4.98 Å².